The van der Waals surface area contributed by atoms with Crippen molar-refractivity contribution in [1.82, 2.24) is 0 Å². The molecule has 4 rings (SSSR count). The molecule has 0 radical (unpaired) electrons. The summed E-state index contributed by atoms with van der Waals surface area (Å²) in [4.78, 5) is 14.7. The van der Waals surface area contributed by atoms with Gasteiger partial charge < -0.3 is 9.47 Å². The molecule has 0 amide bonds. The third-order valence-corrected chi connectivity index (χ3v) is 10.4. The molecule has 0 bridgehead atoms. The van der Waals surface area contributed by atoms with E-state index in [1.807, 2.05) is 60.7 Å². The van der Waals surface area contributed by atoms with Crippen molar-refractivity contribution in [2.45, 2.75) is 169 Å². The Morgan fingerprint density at radius 3 is 0.852 bits per heavy atom. The number of carbonyl (C=O) groups is 1. The monoisotopic (exact) mass is 731 g/mol. The zero-order valence-electron chi connectivity index (χ0n) is 37.0. The van der Waals surface area contributed by atoms with Gasteiger partial charge in [-0.15, -0.1) is 0 Å². The highest BCUT2D eigenvalue weighted by atomic mass is 16.7. The van der Waals surface area contributed by atoms with Gasteiger partial charge in [0.15, 0.2) is 12.2 Å². The van der Waals surface area contributed by atoms with Crippen LogP contribution >= 0.6 is 0 Å². The van der Waals surface area contributed by atoms with E-state index >= 15 is 0 Å². The lowest BCUT2D eigenvalue weighted by atomic mass is 9.70. The van der Waals surface area contributed by atoms with Gasteiger partial charge in [0.05, 0.1) is 0 Å². The van der Waals surface area contributed by atoms with Crippen LogP contribution in [-0.4, -0.2) is 6.16 Å². The van der Waals surface area contributed by atoms with E-state index < -0.39 is 18.4 Å². The summed E-state index contributed by atoms with van der Waals surface area (Å²) in [6.45, 7) is 40.7. The van der Waals surface area contributed by atoms with Crippen LogP contribution in [0.15, 0.2) is 84.9 Å². The Hall–Kier alpha value is -3.85. The van der Waals surface area contributed by atoms with E-state index in [-0.39, 0.29) is 32.5 Å². The largest absolute Gasteiger partial charge is 0.510 e. The Labute approximate surface area is 329 Å². The Morgan fingerprint density at radius 2 is 0.611 bits per heavy atom. The van der Waals surface area contributed by atoms with Gasteiger partial charge >= 0.3 is 6.16 Å². The molecular weight excluding hydrogens is 661 g/mol. The average molecular weight is 731 g/mol. The molecule has 0 aromatic heterocycles. The summed E-state index contributed by atoms with van der Waals surface area (Å²) in [7, 11) is 0. The normalized spacial score (nSPS) is 14.4. The van der Waals surface area contributed by atoms with Crippen molar-refractivity contribution in [3.63, 3.8) is 0 Å². The van der Waals surface area contributed by atoms with Crippen molar-refractivity contribution < 1.29 is 14.3 Å². The van der Waals surface area contributed by atoms with Gasteiger partial charge in [-0.2, -0.15) is 0 Å². The van der Waals surface area contributed by atoms with Gasteiger partial charge in [0, 0.05) is 11.1 Å². The lowest BCUT2D eigenvalue weighted by molar-refractivity contribution is 0.0158. The van der Waals surface area contributed by atoms with Crippen LogP contribution in [-0.2, 0) is 42.0 Å². The first-order valence-electron chi connectivity index (χ1n) is 19.9. The van der Waals surface area contributed by atoms with Crippen LogP contribution in [0.4, 0.5) is 4.79 Å². The molecule has 3 heteroatoms. The quantitative estimate of drug-likeness (QED) is 0.185. The second kappa shape index (κ2) is 15.0. The third-order valence-electron chi connectivity index (χ3n) is 10.4. The van der Waals surface area contributed by atoms with Crippen LogP contribution in [0.5, 0.6) is 0 Å². The van der Waals surface area contributed by atoms with E-state index in [1.54, 1.807) is 0 Å². The number of hydrogen-bond donors (Lipinski definition) is 0. The zero-order chi connectivity index (χ0) is 40.8. The van der Waals surface area contributed by atoms with Gasteiger partial charge in [0.1, 0.15) is 0 Å². The summed E-state index contributed by atoms with van der Waals surface area (Å²) in [5, 5.41) is 0. The summed E-state index contributed by atoms with van der Waals surface area (Å²) >= 11 is 0. The molecule has 0 spiro atoms. The highest BCUT2D eigenvalue weighted by Gasteiger charge is 2.36. The molecule has 4 aromatic rings. The van der Waals surface area contributed by atoms with Gasteiger partial charge in [0.25, 0.3) is 0 Å². The van der Waals surface area contributed by atoms with Crippen molar-refractivity contribution in [2.24, 2.45) is 0 Å². The maximum absolute atomic E-state index is 14.7. The van der Waals surface area contributed by atoms with Crippen LogP contribution in [0.3, 0.4) is 0 Å². The van der Waals surface area contributed by atoms with Gasteiger partial charge in [0.2, 0.25) is 0 Å². The first-order valence-corrected chi connectivity index (χ1v) is 19.9. The van der Waals surface area contributed by atoms with E-state index in [9.17, 15) is 4.79 Å². The summed E-state index contributed by atoms with van der Waals surface area (Å²) in [6.07, 6.45) is -2.07. The minimum atomic E-state index is -0.702. The molecule has 3 nitrogen and oxygen atoms in total. The first-order chi connectivity index (χ1) is 24.5. The van der Waals surface area contributed by atoms with Crippen LogP contribution < -0.4 is 0 Å². The summed E-state index contributed by atoms with van der Waals surface area (Å²) < 4.78 is 13.3. The van der Waals surface area contributed by atoms with Crippen LogP contribution in [0.25, 0.3) is 0 Å². The minimum Gasteiger partial charge on any atom is -0.421 e. The molecule has 0 fully saturated rings. The number of benzene rings is 4. The first kappa shape index (κ1) is 42.9. The lowest BCUT2D eigenvalue weighted by Crippen LogP contribution is -2.28. The molecule has 2 atom stereocenters. The molecule has 54 heavy (non-hydrogen) atoms. The standard InChI is InChI=1S/C51H70O3/c1-46(2,3)37-31-41(50(13,14)15)39(48(7,8)9)29-35(37)43(33-25-21-19-22-26-33)53-45(52)54-44(34-27-23-20-24-28-34)36-30-40(49(10,11)12)42(51(16,17)18)32-38(36)47(4,5)6/h19-32,43-44H,1-18H3. The Bertz CT molecular complexity index is 1770. The van der Waals surface area contributed by atoms with Crippen molar-refractivity contribution in [2.75, 3.05) is 0 Å². The van der Waals surface area contributed by atoms with Crippen LogP contribution in [0.1, 0.15) is 192 Å². The van der Waals surface area contributed by atoms with E-state index in [0.717, 1.165) is 33.4 Å². The van der Waals surface area contributed by atoms with E-state index in [4.69, 9.17) is 9.47 Å². The molecule has 0 heterocycles. The van der Waals surface area contributed by atoms with Crippen molar-refractivity contribution in [1.29, 1.82) is 0 Å². The second-order valence-electron chi connectivity index (χ2n) is 21.5. The maximum Gasteiger partial charge on any atom is 0.510 e. The number of carbonyl (C=O) groups excluding carboxylic acids is 1. The molecule has 4 aromatic carbocycles. The number of hydrogen-bond acceptors (Lipinski definition) is 3. The van der Waals surface area contributed by atoms with Crippen molar-refractivity contribution in [3.05, 3.63) is 141 Å². The highest BCUT2D eigenvalue weighted by molar-refractivity contribution is 5.64. The summed E-state index contributed by atoms with van der Waals surface area (Å²) in [5.74, 6) is 0. The fraction of sp³-hybridized carbons (Fsp3) is 0.510. The molecule has 0 aliphatic rings. The summed E-state index contributed by atoms with van der Waals surface area (Å²) in [5.41, 5.74) is 10.3. The molecule has 0 N–H and O–H groups in total. The number of ether oxygens (including phenoxy) is 2. The lowest BCUT2D eigenvalue weighted by Gasteiger charge is -2.36. The second-order valence-corrected chi connectivity index (χ2v) is 21.5. The molecule has 0 aliphatic heterocycles. The predicted molar refractivity (Wildman–Crippen MR) is 229 cm³/mol. The Balaban J connectivity index is 1.98. The van der Waals surface area contributed by atoms with E-state index in [0.29, 0.717) is 0 Å². The fourth-order valence-electron chi connectivity index (χ4n) is 7.55. The van der Waals surface area contributed by atoms with Crippen LogP contribution in [0, 0.1) is 0 Å². The van der Waals surface area contributed by atoms with Crippen molar-refractivity contribution >= 4 is 6.16 Å². The topological polar surface area (TPSA) is 35.5 Å². The highest BCUT2D eigenvalue weighted by Crippen LogP contribution is 2.45. The SMILES string of the molecule is CC(C)(C)c1cc(C(C)(C)C)c(C(C)(C)C)cc1C(OC(=O)OC(c1ccccc1)c1cc(C(C)(C)C)c(C(C)(C)C)cc1C(C)(C)C)c1ccccc1. The Morgan fingerprint density at radius 1 is 0.370 bits per heavy atom. The molecule has 292 valence electrons. The smallest absolute Gasteiger partial charge is 0.421 e. The molecule has 0 saturated heterocycles. The molecular formula is C51H70O3. The zero-order valence-corrected chi connectivity index (χ0v) is 37.0. The van der Waals surface area contributed by atoms with Gasteiger partial charge in [-0.1, -0.05) is 210 Å². The minimum absolute atomic E-state index is 0.0781. The van der Waals surface area contributed by atoms with Crippen molar-refractivity contribution in [3.8, 4) is 0 Å². The average Bonchev–Trinajstić information content (AvgIpc) is 3.03. The van der Waals surface area contributed by atoms with E-state index in [1.165, 1.54) is 22.3 Å². The van der Waals surface area contributed by atoms with Gasteiger partial charge in [-0.25, -0.2) is 4.79 Å². The number of rotatable bonds is 6. The van der Waals surface area contributed by atoms with E-state index in [2.05, 4.69) is 149 Å². The Kier molecular flexibility index (Phi) is 11.9. The predicted octanol–water partition coefficient (Wildman–Crippen LogP) is 14.5. The fourth-order valence-corrected chi connectivity index (χ4v) is 7.55. The maximum atomic E-state index is 14.7. The third kappa shape index (κ3) is 9.87. The molecule has 2 unspecified atom stereocenters. The van der Waals surface area contributed by atoms with Gasteiger partial charge in [-0.3, -0.25) is 0 Å². The van der Waals surface area contributed by atoms with Gasteiger partial charge in [-0.05, 0) is 77.0 Å². The van der Waals surface area contributed by atoms with Crippen LogP contribution in [0.2, 0.25) is 0 Å². The molecule has 0 saturated carbocycles. The molecule has 0 aliphatic carbocycles. The summed E-state index contributed by atoms with van der Waals surface area (Å²) in [6, 6.07) is 29.6.